The molecule has 0 saturated carbocycles. The van der Waals surface area contributed by atoms with Crippen molar-refractivity contribution in [2.24, 2.45) is 0 Å². The number of thiazole rings is 1. The van der Waals surface area contributed by atoms with E-state index in [-0.39, 0.29) is 20.5 Å². The molecule has 4 rings (SSSR count). The van der Waals surface area contributed by atoms with Crippen LogP contribution in [-0.4, -0.2) is 21.9 Å². The molecule has 0 unspecified atom stereocenters. The number of hydrogen-bond donors (Lipinski definition) is 1. The van der Waals surface area contributed by atoms with E-state index < -0.39 is 16.4 Å². The zero-order valence-corrected chi connectivity index (χ0v) is 19.8. The van der Waals surface area contributed by atoms with Gasteiger partial charge in [-0.05, 0) is 35.8 Å². The molecule has 1 amide bonds. The predicted molar refractivity (Wildman–Crippen MR) is 138 cm³/mol. The topological polar surface area (TPSA) is 118 Å². The Labute approximate surface area is 209 Å². The maximum Gasteiger partial charge on any atom is 0.273 e. The van der Waals surface area contributed by atoms with E-state index in [2.05, 4.69) is 5.32 Å². The number of para-hydroxylation sites is 1. The summed E-state index contributed by atoms with van der Waals surface area (Å²) in [4.78, 5) is 37.0. The fraction of sp³-hybridized carbons (Fsp3) is 0.0741. The van der Waals surface area contributed by atoms with Crippen LogP contribution in [0.1, 0.15) is 11.1 Å². The van der Waals surface area contributed by atoms with Gasteiger partial charge in [-0.2, -0.15) is 5.26 Å². The normalized spacial score (nSPS) is 12.0. The van der Waals surface area contributed by atoms with E-state index in [1.807, 2.05) is 36.4 Å². The van der Waals surface area contributed by atoms with Crippen LogP contribution in [0.25, 0.3) is 17.3 Å². The Balaban J connectivity index is 1.81. The first-order valence-corrected chi connectivity index (χ1v) is 11.8. The van der Waals surface area contributed by atoms with Crippen LogP contribution in [0, 0.1) is 21.4 Å². The number of carbonyl (C=O) groups is 1. The minimum absolute atomic E-state index is 0.106. The third-order valence-corrected chi connectivity index (χ3v) is 6.40. The maximum absolute atomic E-state index is 13.4. The highest BCUT2D eigenvalue weighted by Crippen LogP contribution is 2.13. The van der Waals surface area contributed by atoms with Gasteiger partial charge in [0.25, 0.3) is 17.2 Å². The standard InChI is InChI=1S/C27H20N4O4S/c28-18-23(25(32)29-15-14-19-8-3-1-4-9-19)27-30(21-11-5-2-6-12-21)26(33)24(36-27)17-20-10-7-13-22(16-20)31(34)35/h1-13,16-17H,14-15H2,(H,29,32)/b24-17+,27-23+. The molecule has 9 heteroatoms. The molecule has 36 heavy (non-hydrogen) atoms. The summed E-state index contributed by atoms with van der Waals surface area (Å²) in [7, 11) is 0. The fourth-order valence-corrected chi connectivity index (χ4v) is 4.69. The number of nitro benzene ring substituents is 1. The summed E-state index contributed by atoms with van der Waals surface area (Å²) in [6.45, 7) is 0.321. The van der Waals surface area contributed by atoms with Gasteiger partial charge in [-0.15, -0.1) is 11.3 Å². The van der Waals surface area contributed by atoms with Gasteiger partial charge >= 0.3 is 0 Å². The summed E-state index contributed by atoms with van der Waals surface area (Å²) >= 11 is 0.986. The second-order valence-electron chi connectivity index (χ2n) is 7.72. The number of benzene rings is 3. The Hall–Kier alpha value is -4.81. The first-order chi connectivity index (χ1) is 17.5. The summed E-state index contributed by atoms with van der Waals surface area (Å²) in [5.74, 6) is -0.582. The van der Waals surface area contributed by atoms with E-state index in [0.29, 0.717) is 24.2 Å². The molecule has 3 aromatic carbocycles. The van der Waals surface area contributed by atoms with E-state index in [1.54, 1.807) is 36.4 Å². The van der Waals surface area contributed by atoms with Crippen molar-refractivity contribution in [3.63, 3.8) is 0 Å². The predicted octanol–water partition coefficient (Wildman–Crippen LogP) is 2.67. The smallest absolute Gasteiger partial charge is 0.273 e. The van der Waals surface area contributed by atoms with Gasteiger partial charge in [-0.3, -0.25) is 24.3 Å². The minimum Gasteiger partial charge on any atom is -0.351 e. The quantitative estimate of drug-likeness (QED) is 0.312. The van der Waals surface area contributed by atoms with Crippen LogP contribution in [0.5, 0.6) is 0 Å². The number of nitrogens with one attached hydrogen (secondary N) is 1. The minimum atomic E-state index is -0.582. The number of nitriles is 1. The SMILES string of the molecule is N#C/C(C(=O)NCCc1ccccc1)=c1\s/c(=C/c2cccc([N+](=O)[O-])c2)c(=O)n1-c1ccccc1. The lowest BCUT2D eigenvalue weighted by atomic mass is 10.1. The number of non-ortho nitro benzene ring substituents is 1. The fourth-order valence-electron chi connectivity index (χ4n) is 3.59. The van der Waals surface area contributed by atoms with Gasteiger partial charge in [-0.1, -0.05) is 60.7 Å². The average Bonchev–Trinajstić information content (AvgIpc) is 3.21. The molecule has 1 N–H and O–H groups in total. The lowest BCUT2D eigenvalue weighted by Crippen LogP contribution is -2.34. The van der Waals surface area contributed by atoms with Crippen molar-refractivity contribution in [1.82, 2.24) is 9.88 Å². The van der Waals surface area contributed by atoms with E-state index in [0.717, 1.165) is 16.9 Å². The Morgan fingerprint density at radius 2 is 1.75 bits per heavy atom. The van der Waals surface area contributed by atoms with Gasteiger partial charge in [0.1, 0.15) is 10.7 Å². The second kappa shape index (κ2) is 11.1. The van der Waals surface area contributed by atoms with Crippen LogP contribution < -0.4 is 20.1 Å². The highest BCUT2D eigenvalue weighted by Gasteiger charge is 2.17. The number of hydrogen-bond acceptors (Lipinski definition) is 6. The van der Waals surface area contributed by atoms with Crippen LogP contribution in [-0.2, 0) is 11.2 Å². The molecule has 1 aromatic heterocycles. The lowest BCUT2D eigenvalue weighted by Gasteiger charge is -2.06. The van der Waals surface area contributed by atoms with Crippen molar-refractivity contribution in [2.45, 2.75) is 6.42 Å². The lowest BCUT2D eigenvalue weighted by molar-refractivity contribution is -0.384. The van der Waals surface area contributed by atoms with Crippen molar-refractivity contribution >= 4 is 34.6 Å². The van der Waals surface area contributed by atoms with Gasteiger partial charge in [0.05, 0.1) is 15.1 Å². The molecule has 0 aliphatic heterocycles. The molecule has 0 saturated heterocycles. The largest absolute Gasteiger partial charge is 0.351 e. The summed E-state index contributed by atoms with van der Waals surface area (Å²) in [5.41, 5.74) is 1.27. The van der Waals surface area contributed by atoms with E-state index in [1.165, 1.54) is 28.8 Å². The second-order valence-corrected chi connectivity index (χ2v) is 8.75. The van der Waals surface area contributed by atoms with Crippen molar-refractivity contribution in [2.75, 3.05) is 6.54 Å². The number of aromatic nitrogens is 1. The monoisotopic (exact) mass is 496 g/mol. The molecule has 0 spiro atoms. The first kappa shape index (κ1) is 24.3. The molecular formula is C27H20N4O4S. The Morgan fingerprint density at radius 3 is 2.42 bits per heavy atom. The molecule has 0 atom stereocenters. The molecule has 178 valence electrons. The van der Waals surface area contributed by atoms with Gasteiger partial charge in [-0.25, -0.2) is 0 Å². The summed E-state index contributed by atoms with van der Waals surface area (Å²) in [6, 6.07) is 26.2. The van der Waals surface area contributed by atoms with Gasteiger partial charge < -0.3 is 5.32 Å². The summed E-state index contributed by atoms with van der Waals surface area (Å²) in [6.07, 6.45) is 2.11. The van der Waals surface area contributed by atoms with Crippen molar-refractivity contribution in [3.8, 4) is 11.8 Å². The van der Waals surface area contributed by atoms with Crippen LogP contribution in [0.2, 0.25) is 0 Å². The van der Waals surface area contributed by atoms with Gasteiger partial charge in [0, 0.05) is 18.7 Å². The first-order valence-electron chi connectivity index (χ1n) is 11.0. The van der Waals surface area contributed by atoms with Crippen molar-refractivity contribution in [3.05, 3.63) is 126 Å². The molecule has 8 nitrogen and oxygen atoms in total. The molecule has 0 fully saturated rings. The zero-order chi connectivity index (χ0) is 25.5. The third kappa shape index (κ3) is 5.46. The van der Waals surface area contributed by atoms with E-state index >= 15 is 0 Å². The maximum atomic E-state index is 13.4. The Kier molecular flexibility index (Phi) is 7.48. The van der Waals surface area contributed by atoms with Crippen molar-refractivity contribution < 1.29 is 9.72 Å². The Bertz CT molecular complexity index is 1640. The van der Waals surface area contributed by atoms with Crippen LogP contribution in [0.15, 0.2) is 89.7 Å². The van der Waals surface area contributed by atoms with Crippen LogP contribution >= 0.6 is 11.3 Å². The molecule has 0 bridgehead atoms. The highest BCUT2D eigenvalue weighted by atomic mass is 32.1. The summed E-state index contributed by atoms with van der Waals surface area (Å²) < 4.78 is 1.74. The number of nitrogens with zero attached hydrogens (tertiary/aromatic N) is 3. The Morgan fingerprint density at radius 1 is 1.06 bits per heavy atom. The van der Waals surface area contributed by atoms with Crippen LogP contribution in [0.3, 0.4) is 0 Å². The van der Waals surface area contributed by atoms with E-state index in [4.69, 9.17) is 0 Å². The van der Waals surface area contributed by atoms with Crippen LogP contribution in [0.4, 0.5) is 5.69 Å². The van der Waals surface area contributed by atoms with Crippen molar-refractivity contribution in [1.29, 1.82) is 5.26 Å². The number of amides is 1. The summed E-state index contributed by atoms with van der Waals surface area (Å²) in [5, 5.41) is 23.8. The molecule has 0 aliphatic rings. The molecule has 0 radical (unpaired) electrons. The number of nitro groups is 1. The third-order valence-electron chi connectivity index (χ3n) is 5.31. The van der Waals surface area contributed by atoms with Gasteiger partial charge in [0.15, 0.2) is 5.57 Å². The molecule has 1 heterocycles. The van der Waals surface area contributed by atoms with Gasteiger partial charge in [0.2, 0.25) is 0 Å². The number of rotatable bonds is 7. The molecule has 0 aliphatic carbocycles. The molecule has 4 aromatic rings. The zero-order valence-electron chi connectivity index (χ0n) is 19.0. The number of carbonyl (C=O) groups excluding carboxylic acids is 1. The molecular weight excluding hydrogens is 476 g/mol. The highest BCUT2D eigenvalue weighted by molar-refractivity contribution is 7.07. The van der Waals surface area contributed by atoms with E-state index in [9.17, 15) is 25.0 Å². The average molecular weight is 497 g/mol.